The van der Waals surface area contributed by atoms with Gasteiger partial charge in [0.15, 0.2) is 0 Å². The first-order valence-electron chi connectivity index (χ1n) is 23.6. The fourth-order valence-electron chi connectivity index (χ4n) is 9.55. The molecule has 0 spiro atoms. The number of fused-ring (bicyclic) bond motifs is 5. The Bertz CT molecular complexity index is 3520. The summed E-state index contributed by atoms with van der Waals surface area (Å²) in [6, 6.07) is 84.4. The standard InChI is InChI=1S/C63H49N3S2Si/c1-69(2,3)55-33-30-47-40-46(28-29-48(47)41-55)49-31-36-62-58(42-49)65(52-20-12-6-13-21-52)56-38-44(26-34-60(56)67-62)24-25-45-27-35-61-57(39-45)66(53-22-14-7-15-23-53)59-43-54(32-37-63(59)68-61)64(50-16-8-4-9-17-50)51-18-10-5-11-19-51/h4-43H,1-3H3/b25-24+. The van der Waals surface area contributed by atoms with E-state index < -0.39 is 8.07 Å². The van der Waals surface area contributed by atoms with Gasteiger partial charge in [0.25, 0.3) is 0 Å². The highest BCUT2D eigenvalue weighted by Crippen LogP contribution is 2.55. The van der Waals surface area contributed by atoms with Crippen LogP contribution in [-0.4, -0.2) is 8.07 Å². The van der Waals surface area contributed by atoms with E-state index >= 15 is 0 Å². The summed E-state index contributed by atoms with van der Waals surface area (Å²) in [7, 11) is -1.41. The van der Waals surface area contributed by atoms with Crippen LogP contribution in [0.3, 0.4) is 0 Å². The first-order chi connectivity index (χ1) is 33.8. The number of rotatable bonds is 9. The smallest absolute Gasteiger partial charge is 0.0776 e. The van der Waals surface area contributed by atoms with Gasteiger partial charge in [-0.25, -0.2) is 0 Å². The Hall–Kier alpha value is -7.48. The highest BCUT2D eigenvalue weighted by molar-refractivity contribution is 8.00. The van der Waals surface area contributed by atoms with Gasteiger partial charge >= 0.3 is 0 Å². The van der Waals surface area contributed by atoms with Gasteiger partial charge in [0.1, 0.15) is 0 Å². The van der Waals surface area contributed by atoms with E-state index in [1.54, 1.807) is 0 Å². The molecule has 0 unspecified atom stereocenters. The van der Waals surface area contributed by atoms with Crippen LogP contribution in [0.2, 0.25) is 19.6 Å². The van der Waals surface area contributed by atoms with E-state index in [0.29, 0.717) is 0 Å². The molecule has 10 aromatic rings. The molecule has 0 fully saturated rings. The zero-order chi connectivity index (χ0) is 46.5. The topological polar surface area (TPSA) is 9.72 Å². The summed E-state index contributed by atoms with van der Waals surface area (Å²) < 4.78 is 0. The third kappa shape index (κ3) is 8.35. The highest BCUT2D eigenvalue weighted by Gasteiger charge is 2.28. The Balaban J connectivity index is 0.891. The van der Waals surface area contributed by atoms with E-state index in [0.717, 1.165) is 50.9 Å². The Kier molecular flexibility index (Phi) is 11.1. The molecule has 0 saturated carbocycles. The number of nitrogens with zero attached hydrogens (tertiary/aromatic N) is 3. The Morgan fingerprint density at radius 3 is 1.32 bits per heavy atom. The van der Waals surface area contributed by atoms with Crippen molar-refractivity contribution in [3.05, 3.63) is 242 Å². The van der Waals surface area contributed by atoms with Crippen molar-refractivity contribution in [3.8, 4) is 11.1 Å². The van der Waals surface area contributed by atoms with E-state index in [9.17, 15) is 0 Å². The van der Waals surface area contributed by atoms with E-state index in [4.69, 9.17) is 0 Å². The van der Waals surface area contributed by atoms with Crippen molar-refractivity contribution in [2.45, 2.75) is 39.2 Å². The first kappa shape index (κ1) is 42.8. The summed E-state index contributed by atoms with van der Waals surface area (Å²) in [5.74, 6) is 0. The van der Waals surface area contributed by atoms with Crippen molar-refractivity contribution >= 4 is 111 Å². The predicted octanol–water partition coefficient (Wildman–Crippen LogP) is 18.6. The SMILES string of the molecule is C[Si](C)(C)c1ccc2cc(-c3ccc4c(c3)N(c3ccccc3)c3cc(/C=C/c5ccc6c(c5)N(c5ccccc5)c5cc(N(c7ccccc7)c7ccccc7)ccc5S6)ccc3S4)ccc2c1. The summed E-state index contributed by atoms with van der Waals surface area (Å²) in [5.41, 5.74) is 15.0. The van der Waals surface area contributed by atoms with Gasteiger partial charge in [0, 0.05) is 48.0 Å². The summed E-state index contributed by atoms with van der Waals surface area (Å²) in [6.07, 6.45) is 4.52. The second-order valence-electron chi connectivity index (χ2n) is 18.7. The van der Waals surface area contributed by atoms with Gasteiger partial charge in [0.2, 0.25) is 0 Å². The Morgan fingerprint density at radius 2 is 0.783 bits per heavy atom. The molecule has 6 heteroatoms. The van der Waals surface area contributed by atoms with Crippen LogP contribution >= 0.6 is 23.5 Å². The number of hydrogen-bond donors (Lipinski definition) is 0. The highest BCUT2D eigenvalue weighted by atomic mass is 32.2. The monoisotopic (exact) mass is 939 g/mol. The van der Waals surface area contributed by atoms with Crippen molar-refractivity contribution in [3.63, 3.8) is 0 Å². The molecule has 0 aromatic heterocycles. The van der Waals surface area contributed by atoms with Crippen LogP contribution < -0.4 is 19.9 Å². The minimum Gasteiger partial charge on any atom is -0.310 e. The molecule has 0 aliphatic carbocycles. The number of benzene rings is 10. The van der Waals surface area contributed by atoms with Crippen LogP contribution in [0.1, 0.15) is 11.1 Å². The molecule has 12 rings (SSSR count). The summed E-state index contributed by atoms with van der Waals surface area (Å²) in [5, 5.41) is 4.08. The molecule has 0 saturated heterocycles. The third-order valence-corrected chi connectivity index (χ3v) is 17.4. The van der Waals surface area contributed by atoms with Gasteiger partial charge in [-0.15, -0.1) is 0 Å². The van der Waals surface area contributed by atoms with Gasteiger partial charge in [0.05, 0.1) is 30.8 Å². The second-order valence-corrected chi connectivity index (χ2v) is 25.9. The summed E-state index contributed by atoms with van der Waals surface area (Å²) in [6.45, 7) is 7.25. The average molecular weight is 940 g/mol. The van der Waals surface area contributed by atoms with E-state index in [1.807, 2.05) is 23.5 Å². The normalized spacial score (nSPS) is 12.9. The maximum atomic E-state index is 2.44. The lowest BCUT2D eigenvalue weighted by Gasteiger charge is -2.35. The molecule has 0 amide bonds. The van der Waals surface area contributed by atoms with Crippen LogP contribution in [0, 0.1) is 0 Å². The van der Waals surface area contributed by atoms with Gasteiger partial charge in [-0.2, -0.15) is 0 Å². The van der Waals surface area contributed by atoms with Gasteiger partial charge in [-0.1, -0.05) is 182 Å². The second kappa shape index (κ2) is 17.9. The molecule has 2 heterocycles. The summed E-state index contributed by atoms with van der Waals surface area (Å²) in [4.78, 5) is 12.1. The number of hydrogen-bond acceptors (Lipinski definition) is 5. The minimum atomic E-state index is -1.41. The van der Waals surface area contributed by atoms with Crippen LogP contribution in [0.15, 0.2) is 250 Å². The van der Waals surface area contributed by atoms with Crippen LogP contribution in [0.25, 0.3) is 34.1 Å². The zero-order valence-corrected chi connectivity index (χ0v) is 41.4. The molecule has 2 aliphatic rings. The van der Waals surface area contributed by atoms with Gasteiger partial charge in [-0.05, 0) is 142 Å². The lowest BCUT2D eigenvalue weighted by molar-refractivity contribution is 1.15. The van der Waals surface area contributed by atoms with Crippen molar-refractivity contribution in [2.24, 2.45) is 0 Å². The Labute approximate surface area is 415 Å². The van der Waals surface area contributed by atoms with Gasteiger partial charge < -0.3 is 14.7 Å². The third-order valence-electron chi connectivity index (χ3n) is 13.1. The summed E-state index contributed by atoms with van der Waals surface area (Å²) >= 11 is 3.68. The van der Waals surface area contributed by atoms with Crippen molar-refractivity contribution in [2.75, 3.05) is 14.7 Å². The van der Waals surface area contributed by atoms with Crippen molar-refractivity contribution in [1.82, 2.24) is 0 Å². The quantitative estimate of drug-likeness (QED) is 0.105. The lowest BCUT2D eigenvalue weighted by Crippen LogP contribution is -2.37. The fourth-order valence-corrected chi connectivity index (χ4v) is 12.8. The fraction of sp³-hybridized carbons (Fsp3) is 0.0476. The van der Waals surface area contributed by atoms with Gasteiger partial charge in [-0.3, -0.25) is 0 Å². The number of anilines is 9. The molecule has 0 N–H and O–H groups in total. The lowest BCUT2D eigenvalue weighted by atomic mass is 10.00. The van der Waals surface area contributed by atoms with E-state index in [2.05, 4.69) is 277 Å². The largest absolute Gasteiger partial charge is 0.310 e. The molecule has 2 aliphatic heterocycles. The molecule has 69 heavy (non-hydrogen) atoms. The predicted molar refractivity (Wildman–Crippen MR) is 300 cm³/mol. The van der Waals surface area contributed by atoms with Crippen LogP contribution in [0.5, 0.6) is 0 Å². The molecule has 0 atom stereocenters. The Morgan fingerprint density at radius 1 is 0.362 bits per heavy atom. The number of para-hydroxylation sites is 4. The molecule has 0 bridgehead atoms. The maximum absolute atomic E-state index is 2.44. The van der Waals surface area contributed by atoms with Crippen LogP contribution in [-0.2, 0) is 0 Å². The minimum absolute atomic E-state index is 1.10. The zero-order valence-electron chi connectivity index (χ0n) is 38.8. The van der Waals surface area contributed by atoms with Crippen molar-refractivity contribution in [1.29, 1.82) is 0 Å². The van der Waals surface area contributed by atoms with Crippen molar-refractivity contribution < 1.29 is 0 Å². The molecule has 3 nitrogen and oxygen atoms in total. The molecular formula is C63H49N3S2Si. The average Bonchev–Trinajstić information content (AvgIpc) is 3.39. The van der Waals surface area contributed by atoms with E-state index in [-0.39, 0.29) is 0 Å². The molecule has 10 aromatic carbocycles. The first-order valence-corrected chi connectivity index (χ1v) is 28.7. The molecular weight excluding hydrogens is 891 g/mol. The molecule has 0 radical (unpaired) electrons. The molecule has 332 valence electrons. The maximum Gasteiger partial charge on any atom is 0.0776 e. The van der Waals surface area contributed by atoms with E-state index in [1.165, 1.54) is 58.0 Å². The van der Waals surface area contributed by atoms with Crippen LogP contribution in [0.4, 0.5) is 51.2 Å².